The van der Waals surface area contributed by atoms with Crippen molar-refractivity contribution in [3.05, 3.63) is 75.4 Å². The minimum atomic E-state index is -0.518. The third kappa shape index (κ3) is 4.52. The number of carbonyl (C=O) groups is 2. The molecule has 3 aromatic heterocycles. The number of hydrogen-bond acceptors (Lipinski definition) is 7. The fourth-order valence-corrected chi connectivity index (χ4v) is 7.09. The third-order valence-corrected chi connectivity index (χ3v) is 9.30. The summed E-state index contributed by atoms with van der Waals surface area (Å²) in [6, 6.07) is 11.2. The molecule has 2 fully saturated rings. The molecule has 0 atom stereocenters. The van der Waals surface area contributed by atoms with Gasteiger partial charge in [0.2, 0.25) is 0 Å². The summed E-state index contributed by atoms with van der Waals surface area (Å²) in [5, 5.41) is 12.1. The quantitative estimate of drug-likeness (QED) is 0.289. The van der Waals surface area contributed by atoms with E-state index in [0.717, 1.165) is 85.2 Å². The summed E-state index contributed by atoms with van der Waals surface area (Å²) < 4.78 is 2.03. The first-order chi connectivity index (χ1) is 18.9. The largest absolute Gasteiger partial charge is 0.336 e. The fraction of sp³-hybridized carbons (Fsp3) is 0.379. The minimum Gasteiger partial charge on any atom is -0.336 e. The van der Waals surface area contributed by atoms with Gasteiger partial charge in [0.1, 0.15) is 16.3 Å². The van der Waals surface area contributed by atoms with Crippen LogP contribution in [0.4, 0.5) is 0 Å². The van der Waals surface area contributed by atoms with E-state index in [9.17, 15) is 9.59 Å². The molecular formula is C29H32N6O3S. The predicted octanol–water partition coefficient (Wildman–Crippen LogP) is 4.13. The van der Waals surface area contributed by atoms with Crippen LogP contribution in [0, 0.1) is 6.92 Å². The van der Waals surface area contributed by atoms with E-state index >= 15 is 0 Å². The number of aryl methyl sites for hydroxylation is 1. The zero-order valence-corrected chi connectivity index (χ0v) is 23.0. The van der Waals surface area contributed by atoms with E-state index in [-0.39, 0.29) is 11.3 Å². The second-order valence-electron chi connectivity index (χ2n) is 10.6. The van der Waals surface area contributed by atoms with E-state index in [1.165, 1.54) is 0 Å². The van der Waals surface area contributed by atoms with E-state index in [1.54, 1.807) is 28.9 Å². The zero-order valence-electron chi connectivity index (χ0n) is 22.2. The lowest BCUT2D eigenvalue weighted by Crippen LogP contribution is -2.47. The number of likely N-dealkylation sites (N-methyl/N-ethyl adjacent to an activating group) is 1. The topological polar surface area (TPSA) is 103 Å². The number of piperazine rings is 1. The summed E-state index contributed by atoms with van der Waals surface area (Å²) >= 11 is 1.66. The lowest BCUT2D eigenvalue weighted by atomic mass is 9.79. The summed E-state index contributed by atoms with van der Waals surface area (Å²) in [5.74, 6) is -0.468. The number of benzene rings is 1. The monoisotopic (exact) mass is 544 g/mol. The Hall–Kier alpha value is -3.60. The first-order valence-corrected chi connectivity index (χ1v) is 14.3. The lowest BCUT2D eigenvalue weighted by Gasteiger charge is -2.32. The van der Waals surface area contributed by atoms with E-state index in [4.69, 9.17) is 15.2 Å². The number of fused-ring (bicyclic) bond motifs is 1. The van der Waals surface area contributed by atoms with Crippen LogP contribution >= 0.6 is 11.3 Å². The van der Waals surface area contributed by atoms with Gasteiger partial charge in [-0.3, -0.25) is 19.2 Å². The summed E-state index contributed by atoms with van der Waals surface area (Å²) in [6.07, 6.45) is 6.16. The van der Waals surface area contributed by atoms with Crippen molar-refractivity contribution in [2.45, 2.75) is 38.0 Å². The van der Waals surface area contributed by atoms with Crippen LogP contribution in [0.1, 0.15) is 62.7 Å². The Bertz CT molecular complexity index is 1530. The number of nitrogens with one attached hydrogen (secondary N) is 1. The molecule has 0 unspecified atom stereocenters. The second-order valence-corrected chi connectivity index (χ2v) is 11.5. The molecule has 1 aromatic carbocycles. The number of aromatic nitrogens is 3. The standard InChI is InChI=1S/C29H32N6O3S/c1-19-25(35-12-9-21(17-24(35)30-19)27(37)34-15-13-33(2)14-16-34)23-18-39-28(31-23)29(10-3-4-11-29)22-7-5-20(6-8-22)26(36)32-38/h5-9,12,17-18,38H,3-4,10-11,13-16H2,1-2H3,(H,32,36). The number of amides is 2. The van der Waals surface area contributed by atoms with Crippen LogP contribution in [0.15, 0.2) is 48.0 Å². The number of rotatable bonds is 5. The van der Waals surface area contributed by atoms with Gasteiger partial charge in [0.15, 0.2) is 0 Å². The van der Waals surface area contributed by atoms with Crippen molar-refractivity contribution in [3.8, 4) is 11.4 Å². The van der Waals surface area contributed by atoms with Gasteiger partial charge in [-0.15, -0.1) is 11.3 Å². The highest BCUT2D eigenvalue weighted by atomic mass is 32.1. The average molecular weight is 545 g/mol. The van der Waals surface area contributed by atoms with Crippen molar-refractivity contribution in [3.63, 3.8) is 0 Å². The van der Waals surface area contributed by atoms with E-state index in [1.807, 2.05) is 46.7 Å². The van der Waals surface area contributed by atoms with Crippen molar-refractivity contribution in [2.24, 2.45) is 0 Å². The number of hydrogen-bond donors (Lipinski definition) is 2. The minimum absolute atomic E-state index is 0.0504. The van der Waals surface area contributed by atoms with Gasteiger partial charge in [-0.2, -0.15) is 0 Å². The molecule has 2 aliphatic rings. The van der Waals surface area contributed by atoms with Gasteiger partial charge in [0, 0.05) is 54.3 Å². The maximum atomic E-state index is 13.1. The van der Waals surface area contributed by atoms with Crippen LogP contribution in [0.2, 0.25) is 0 Å². The van der Waals surface area contributed by atoms with Crippen molar-refractivity contribution in [2.75, 3.05) is 33.2 Å². The normalized spacial score (nSPS) is 17.6. The van der Waals surface area contributed by atoms with Gasteiger partial charge < -0.3 is 9.80 Å². The number of nitrogens with zero attached hydrogens (tertiary/aromatic N) is 5. The Labute approximate surface area is 231 Å². The van der Waals surface area contributed by atoms with Crippen molar-refractivity contribution in [1.29, 1.82) is 0 Å². The Balaban J connectivity index is 1.32. The number of carbonyl (C=O) groups excluding carboxylic acids is 2. The molecule has 1 aliphatic carbocycles. The van der Waals surface area contributed by atoms with Gasteiger partial charge in [-0.25, -0.2) is 15.4 Å². The van der Waals surface area contributed by atoms with Gasteiger partial charge in [-0.1, -0.05) is 25.0 Å². The summed E-state index contributed by atoms with van der Waals surface area (Å²) in [5.41, 5.74) is 7.14. The number of imidazole rings is 1. The third-order valence-electron chi connectivity index (χ3n) is 8.25. The van der Waals surface area contributed by atoms with Crippen molar-refractivity contribution < 1.29 is 14.8 Å². The maximum absolute atomic E-state index is 13.1. The predicted molar refractivity (Wildman–Crippen MR) is 149 cm³/mol. The maximum Gasteiger partial charge on any atom is 0.274 e. The lowest BCUT2D eigenvalue weighted by molar-refractivity contribution is 0.0663. The molecule has 10 heteroatoms. The first kappa shape index (κ1) is 25.7. The summed E-state index contributed by atoms with van der Waals surface area (Å²) in [4.78, 5) is 39.1. The van der Waals surface area contributed by atoms with Crippen LogP contribution < -0.4 is 5.48 Å². The van der Waals surface area contributed by atoms with Gasteiger partial charge >= 0.3 is 0 Å². The van der Waals surface area contributed by atoms with E-state index in [2.05, 4.69) is 17.3 Å². The molecule has 1 saturated carbocycles. The molecule has 4 heterocycles. The molecule has 2 N–H and O–H groups in total. The molecule has 1 aliphatic heterocycles. The van der Waals surface area contributed by atoms with E-state index < -0.39 is 5.91 Å². The number of hydroxylamine groups is 1. The number of pyridine rings is 1. The highest BCUT2D eigenvalue weighted by Gasteiger charge is 2.40. The number of thiazole rings is 1. The SMILES string of the molecule is Cc1nc2cc(C(=O)N3CCN(C)CC3)ccn2c1-c1csc(C2(c3ccc(C(=O)NO)cc3)CCCC2)n1. The zero-order chi connectivity index (χ0) is 27.1. The molecule has 39 heavy (non-hydrogen) atoms. The Kier molecular flexibility index (Phi) is 6.70. The van der Waals surface area contributed by atoms with E-state index in [0.29, 0.717) is 11.1 Å². The molecule has 2 amide bonds. The first-order valence-electron chi connectivity index (χ1n) is 13.4. The molecule has 0 spiro atoms. The summed E-state index contributed by atoms with van der Waals surface area (Å²) in [7, 11) is 2.08. The highest BCUT2D eigenvalue weighted by molar-refractivity contribution is 7.10. The summed E-state index contributed by atoms with van der Waals surface area (Å²) in [6.45, 7) is 5.23. The molecule has 4 aromatic rings. The van der Waals surface area contributed by atoms with Crippen LogP contribution in [0.25, 0.3) is 17.0 Å². The molecule has 1 saturated heterocycles. The molecule has 9 nitrogen and oxygen atoms in total. The smallest absolute Gasteiger partial charge is 0.274 e. The second kappa shape index (κ2) is 10.2. The Morgan fingerprint density at radius 3 is 2.41 bits per heavy atom. The fourth-order valence-electron chi connectivity index (χ4n) is 6.01. The molecule has 0 bridgehead atoms. The van der Waals surface area contributed by atoms with Crippen LogP contribution in [0.3, 0.4) is 0 Å². The molecule has 202 valence electrons. The molecular weight excluding hydrogens is 512 g/mol. The van der Waals surface area contributed by atoms with Crippen molar-refractivity contribution in [1.82, 2.24) is 29.6 Å². The Morgan fingerprint density at radius 1 is 1.00 bits per heavy atom. The Morgan fingerprint density at radius 2 is 1.72 bits per heavy atom. The van der Waals surface area contributed by atoms with Gasteiger partial charge in [-0.05, 0) is 56.6 Å². The molecule has 0 radical (unpaired) electrons. The van der Waals surface area contributed by atoms with Crippen LogP contribution in [-0.2, 0) is 5.41 Å². The van der Waals surface area contributed by atoms with Gasteiger partial charge in [0.05, 0.1) is 11.4 Å². The average Bonchev–Trinajstić information content (AvgIpc) is 3.71. The van der Waals surface area contributed by atoms with Crippen LogP contribution in [-0.4, -0.2) is 74.4 Å². The van der Waals surface area contributed by atoms with Crippen molar-refractivity contribution >= 4 is 28.8 Å². The highest BCUT2D eigenvalue weighted by Crippen LogP contribution is 2.48. The van der Waals surface area contributed by atoms with Crippen LogP contribution in [0.5, 0.6) is 0 Å². The van der Waals surface area contributed by atoms with Gasteiger partial charge in [0.25, 0.3) is 11.8 Å². The molecule has 6 rings (SSSR count).